The second-order valence-corrected chi connectivity index (χ2v) is 10.1. The molecular weight excluding hydrogens is 476 g/mol. The lowest BCUT2D eigenvalue weighted by molar-refractivity contribution is 0.158. The third-order valence-corrected chi connectivity index (χ3v) is 7.36. The monoisotopic (exact) mass is 512 g/mol. The molecule has 0 spiro atoms. The molecule has 3 heterocycles. The number of fused-ring (bicyclic) bond motifs is 1. The Morgan fingerprint density at radius 1 is 1.11 bits per heavy atom. The first kappa shape index (κ1) is 25.9. The maximum absolute atomic E-state index is 13.5. The summed E-state index contributed by atoms with van der Waals surface area (Å²) in [5, 5.41) is 9.78. The van der Waals surface area contributed by atoms with Crippen LogP contribution in [0.3, 0.4) is 0 Å². The van der Waals surface area contributed by atoms with Crippen molar-refractivity contribution in [2.24, 2.45) is 7.05 Å². The number of aliphatic hydroxyl groups excluding tert-OH is 1. The topological polar surface area (TPSA) is 70.8 Å². The summed E-state index contributed by atoms with van der Waals surface area (Å²) in [6.45, 7) is 5.54. The Kier molecular flexibility index (Phi) is 8.05. The molecule has 1 atom stereocenters. The molecular formula is C31H36N4O3. The largest absolute Gasteiger partial charge is 0.491 e. The van der Waals surface area contributed by atoms with Crippen LogP contribution >= 0.6 is 0 Å². The maximum Gasteiger partial charge on any atom is 0.193 e. The lowest BCUT2D eigenvalue weighted by Crippen LogP contribution is -2.48. The Morgan fingerprint density at radius 2 is 1.92 bits per heavy atom. The number of hydrogen-bond acceptors (Lipinski definition) is 6. The minimum atomic E-state index is 0.00268. The van der Waals surface area contributed by atoms with E-state index in [0.29, 0.717) is 19.2 Å². The molecule has 38 heavy (non-hydrogen) atoms. The molecule has 7 nitrogen and oxygen atoms in total. The average molecular weight is 513 g/mol. The van der Waals surface area contributed by atoms with Crippen LogP contribution in [-0.2, 0) is 20.1 Å². The van der Waals surface area contributed by atoms with Crippen LogP contribution in [0.15, 0.2) is 77.9 Å². The third-order valence-electron chi connectivity index (χ3n) is 7.36. The SMILES string of the molecule is Cc1cc(CN(Cc2cn(C)c3ccccc3c2=O)[C@H]2CCCN(c3ccc(OCCO)cc3)C2)ccn1. The van der Waals surface area contributed by atoms with Gasteiger partial charge in [-0.2, -0.15) is 0 Å². The minimum Gasteiger partial charge on any atom is -0.491 e. The highest BCUT2D eigenvalue weighted by Crippen LogP contribution is 2.27. The third kappa shape index (κ3) is 5.90. The number of piperidine rings is 1. The summed E-state index contributed by atoms with van der Waals surface area (Å²) in [5.41, 5.74) is 5.25. The number of rotatable bonds is 9. The van der Waals surface area contributed by atoms with Gasteiger partial charge in [-0.25, -0.2) is 0 Å². The summed E-state index contributed by atoms with van der Waals surface area (Å²) >= 11 is 0. The molecule has 1 N–H and O–H groups in total. The van der Waals surface area contributed by atoms with E-state index in [-0.39, 0.29) is 12.0 Å². The predicted molar refractivity (Wildman–Crippen MR) is 152 cm³/mol. The Labute approximate surface area is 223 Å². The zero-order valence-corrected chi connectivity index (χ0v) is 22.2. The summed E-state index contributed by atoms with van der Waals surface area (Å²) in [6.07, 6.45) is 6.02. The molecule has 5 rings (SSSR count). The number of aliphatic hydroxyl groups is 1. The van der Waals surface area contributed by atoms with E-state index >= 15 is 0 Å². The standard InChI is InChI=1S/C31H36N4O3/c1-23-18-24(13-14-32-23)19-35(21-25-20-33(2)30-8-4-3-7-29(30)31(25)37)27-6-5-15-34(22-27)26-9-11-28(12-10-26)38-17-16-36/h3-4,7-14,18,20,27,36H,5-6,15-17,19,21-22H2,1-2H3/t27-/m0/s1. The van der Waals surface area contributed by atoms with E-state index in [1.807, 2.05) is 62.8 Å². The zero-order valence-electron chi connectivity index (χ0n) is 22.2. The first-order chi connectivity index (χ1) is 18.5. The van der Waals surface area contributed by atoms with Crippen LogP contribution in [0.25, 0.3) is 10.9 Å². The molecule has 1 aliphatic heterocycles. The zero-order chi connectivity index (χ0) is 26.5. The van der Waals surface area contributed by atoms with E-state index in [1.54, 1.807) is 0 Å². The number of aromatic nitrogens is 2. The first-order valence-electron chi connectivity index (χ1n) is 13.3. The average Bonchev–Trinajstić information content (AvgIpc) is 2.94. The molecule has 1 saturated heterocycles. The van der Waals surface area contributed by atoms with Crippen molar-refractivity contribution in [3.63, 3.8) is 0 Å². The second kappa shape index (κ2) is 11.8. The number of ether oxygens (including phenoxy) is 1. The smallest absolute Gasteiger partial charge is 0.193 e. The molecule has 198 valence electrons. The molecule has 0 unspecified atom stereocenters. The van der Waals surface area contributed by atoms with Crippen molar-refractivity contribution in [1.29, 1.82) is 0 Å². The normalized spacial score (nSPS) is 15.8. The summed E-state index contributed by atoms with van der Waals surface area (Å²) in [4.78, 5) is 22.8. The fourth-order valence-corrected chi connectivity index (χ4v) is 5.49. The van der Waals surface area contributed by atoms with Crippen molar-refractivity contribution in [1.82, 2.24) is 14.5 Å². The second-order valence-electron chi connectivity index (χ2n) is 10.1. The molecule has 0 radical (unpaired) electrons. The van der Waals surface area contributed by atoms with Crippen molar-refractivity contribution in [2.45, 2.75) is 38.9 Å². The van der Waals surface area contributed by atoms with Gasteiger partial charge >= 0.3 is 0 Å². The molecule has 2 aromatic carbocycles. The quantitative estimate of drug-likeness (QED) is 0.361. The van der Waals surface area contributed by atoms with E-state index in [0.717, 1.165) is 66.1 Å². The highest BCUT2D eigenvalue weighted by Gasteiger charge is 2.27. The number of anilines is 1. The number of aryl methyl sites for hydroxylation is 2. The number of pyridine rings is 2. The predicted octanol–water partition coefficient (Wildman–Crippen LogP) is 4.28. The Hall–Kier alpha value is -3.68. The Balaban J connectivity index is 1.42. The molecule has 0 saturated carbocycles. The van der Waals surface area contributed by atoms with Gasteiger partial charge in [0.25, 0.3) is 0 Å². The van der Waals surface area contributed by atoms with E-state index in [2.05, 4.69) is 43.6 Å². The Bertz CT molecular complexity index is 1430. The van der Waals surface area contributed by atoms with E-state index in [4.69, 9.17) is 9.84 Å². The van der Waals surface area contributed by atoms with Gasteiger partial charge in [-0.05, 0) is 73.9 Å². The summed E-state index contributed by atoms with van der Waals surface area (Å²) in [6, 6.07) is 20.4. The van der Waals surface area contributed by atoms with Crippen LogP contribution < -0.4 is 15.1 Å². The van der Waals surface area contributed by atoms with Gasteiger partial charge in [0.15, 0.2) is 5.43 Å². The van der Waals surface area contributed by atoms with Crippen LogP contribution in [0.1, 0.15) is 29.7 Å². The fraction of sp³-hybridized carbons (Fsp3) is 0.355. The molecule has 0 amide bonds. The number of hydrogen-bond donors (Lipinski definition) is 1. The van der Waals surface area contributed by atoms with Crippen LogP contribution in [-0.4, -0.2) is 51.9 Å². The molecule has 2 aromatic heterocycles. The molecule has 1 fully saturated rings. The molecule has 4 aromatic rings. The van der Waals surface area contributed by atoms with Gasteiger partial charge in [0.1, 0.15) is 12.4 Å². The number of benzene rings is 2. The summed E-state index contributed by atoms with van der Waals surface area (Å²) in [7, 11) is 2.01. The van der Waals surface area contributed by atoms with Crippen LogP contribution in [0, 0.1) is 6.92 Å². The van der Waals surface area contributed by atoms with E-state index in [9.17, 15) is 4.79 Å². The van der Waals surface area contributed by atoms with Crippen molar-refractivity contribution >= 4 is 16.6 Å². The molecule has 1 aliphatic rings. The van der Waals surface area contributed by atoms with Crippen LogP contribution in [0.2, 0.25) is 0 Å². The molecule has 0 bridgehead atoms. The summed E-state index contributed by atoms with van der Waals surface area (Å²) < 4.78 is 7.60. The van der Waals surface area contributed by atoms with Crippen LogP contribution in [0.5, 0.6) is 5.75 Å². The van der Waals surface area contributed by atoms with Gasteiger partial charge in [-0.3, -0.25) is 14.7 Å². The Morgan fingerprint density at radius 3 is 2.71 bits per heavy atom. The highest BCUT2D eigenvalue weighted by atomic mass is 16.5. The molecule has 7 heteroatoms. The van der Waals surface area contributed by atoms with E-state index < -0.39 is 0 Å². The van der Waals surface area contributed by atoms with Crippen molar-refractivity contribution in [3.8, 4) is 5.75 Å². The summed E-state index contributed by atoms with van der Waals surface area (Å²) in [5.74, 6) is 0.762. The van der Waals surface area contributed by atoms with Crippen molar-refractivity contribution < 1.29 is 9.84 Å². The minimum absolute atomic E-state index is 0.00268. The van der Waals surface area contributed by atoms with Gasteiger partial charge in [-0.1, -0.05) is 12.1 Å². The van der Waals surface area contributed by atoms with Crippen molar-refractivity contribution in [3.05, 3.63) is 100 Å². The van der Waals surface area contributed by atoms with Gasteiger partial charge in [0, 0.05) is 74.0 Å². The fourth-order valence-electron chi connectivity index (χ4n) is 5.49. The maximum atomic E-state index is 13.5. The van der Waals surface area contributed by atoms with Gasteiger partial charge in [0.05, 0.1) is 12.1 Å². The number of para-hydroxylation sites is 1. The molecule has 0 aliphatic carbocycles. The van der Waals surface area contributed by atoms with Gasteiger partial charge in [-0.15, -0.1) is 0 Å². The lowest BCUT2D eigenvalue weighted by atomic mass is 10.0. The lowest BCUT2D eigenvalue weighted by Gasteiger charge is -2.40. The van der Waals surface area contributed by atoms with Gasteiger partial charge in [0.2, 0.25) is 0 Å². The first-order valence-corrected chi connectivity index (χ1v) is 13.3. The van der Waals surface area contributed by atoms with Crippen molar-refractivity contribution in [2.75, 3.05) is 31.2 Å². The van der Waals surface area contributed by atoms with Gasteiger partial charge < -0.3 is 19.3 Å². The van der Waals surface area contributed by atoms with E-state index in [1.165, 1.54) is 5.56 Å². The van der Waals surface area contributed by atoms with Crippen LogP contribution in [0.4, 0.5) is 5.69 Å². The number of nitrogens with zero attached hydrogens (tertiary/aromatic N) is 4. The highest BCUT2D eigenvalue weighted by molar-refractivity contribution is 5.79.